The molecule has 1 aromatic rings. The zero-order valence-corrected chi connectivity index (χ0v) is 11.0. The van der Waals surface area contributed by atoms with Crippen LogP contribution < -0.4 is 5.73 Å². The van der Waals surface area contributed by atoms with Crippen LogP contribution in [-0.2, 0) is 15.3 Å². The van der Waals surface area contributed by atoms with Gasteiger partial charge in [0.15, 0.2) is 9.84 Å². The Morgan fingerprint density at radius 2 is 2.06 bits per heavy atom. The van der Waals surface area contributed by atoms with Gasteiger partial charge in [-0.3, -0.25) is 0 Å². The normalized spacial score (nSPS) is 18.6. The predicted molar refractivity (Wildman–Crippen MR) is 70.7 cm³/mol. The summed E-state index contributed by atoms with van der Waals surface area (Å²) in [7, 11) is -2.94. The molecule has 1 aliphatic rings. The van der Waals surface area contributed by atoms with Gasteiger partial charge in [0.2, 0.25) is 0 Å². The molecule has 0 bridgehead atoms. The molecule has 2 rings (SSSR count). The van der Waals surface area contributed by atoms with Crippen LogP contribution in [0.25, 0.3) is 0 Å². The lowest BCUT2D eigenvalue weighted by Crippen LogP contribution is -2.41. The highest BCUT2D eigenvalue weighted by Crippen LogP contribution is 2.45. The number of hydrogen-bond donors (Lipinski definition) is 1. The van der Waals surface area contributed by atoms with E-state index in [4.69, 9.17) is 5.73 Å². The summed E-state index contributed by atoms with van der Waals surface area (Å²) in [6.45, 7) is 1.71. The highest BCUT2D eigenvalue weighted by Gasteiger charge is 2.41. The molecule has 1 saturated carbocycles. The predicted octanol–water partition coefficient (Wildman–Crippen LogP) is 2.13. The third-order valence-corrected chi connectivity index (χ3v) is 5.62. The van der Waals surface area contributed by atoms with E-state index in [2.05, 4.69) is 0 Å². The van der Waals surface area contributed by atoms with E-state index in [1.165, 1.54) is 0 Å². The molecular formula is C13H19NO2S. The lowest BCUT2D eigenvalue weighted by Gasteiger charge is -2.42. The van der Waals surface area contributed by atoms with Crippen molar-refractivity contribution < 1.29 is 8.42 Å². The molecule has 2 N–H and O–H groups in total. The highest BCUT2D eigenvalue weighted by molar-refractivity contribution is 7.91. The molecular weight excluding hydrogens is 234 g/mol. The summed E-state index contributed by atoms with van der Waals surface area (Å²) in [5.41, 5.74) is 7.40. The van der Waals surface area contributed by atoms with Crippen LogP contribution in [-0.4, -0.2) is 19.9 Å². The molecule has 0 unspecified atom stereocenters. The smallest absolute Gasteiger partial charge is 0.150 e. The second-order valence-electron chi connectivity index (χ2n) is 4.94. The van der Waals surface area contributed by atoms with Crippen molar-refractivity contribution in [3.05, 3.63) is 29.8 Å². The van der Waals surface area contributed by atoms with Crippen molar-refractivity contribution in [1.29, 1.82) is 0 Å². The van der Waals surface area contributed by atoms with Crippen molar-refractivity contribution in [2.45, 2.75) is 31.6 Å². The summed E-state index contributed by atoms with van der Waals surface area (Å²) in [5, 5.41) is 0. The first-order valence-electron chi connectivity index (χ1n) is 6.04. The Hall–Kier alpha value is -1.03. The van der Waals surface area contributed by atoms with E-state index in [0.29, 0.717) is 5.69 Å². The van der Waals surface area contributed by atoms with Gasteiger partial charge < -0.3 is 5.73 Å². The molecule has 0 amide bonds. The Balaban J connectivity index is 2.32. The van der Waals surface area contributed by atoms with E-state index in [0.717, 1.165) is 24.8 Å². The van der Waals surface area contributed by atoms with Crippen molar-refractivity contribution in [2.24, 2.45) is 0 Å². The van der Waals surface area contributed by atoms with E-state index < -0.39 is 9.84 Å². The van der Waals surface area contributed by atoms with Crippen molar-refractivity contribution in [3.63, 3.8) is 0 Å². The summed E-state index contributed by atoms with van der Waals surface area (Å²) in [4.78, 5) is 0. The Bertz CT molecular complexity index is 504. The topological polar surface area (TPSA) is 60.2 Å². The summed E-state index contributed by atoms with van der Waals surface area (Å²) in [6, 6.07) is 7.67. The van der Waals surface area contributed by atoms with E-state index in [-0.39, 0.29) is 16.9 Å². The zero-order valence-electron chi connectivity index (χ0n) is 10.1. The SMILES string of the molecule is CCS(=O)(=O)CC1(c2cccc(N)c2)CCC1. The molecule has 0 atom stereocenters. The zero-order chi connectivity index (χ0) is 12.5. The minimum atomic E-state index is -2.94. The molecule has 0 aromatic heterocycles. The minimum Gasteiger partial charge on any atom is -0.399 e. The second-order valence-corrected chi connectivity index (χ2v) is 7.29. The number of benzene rings is 1. The first-order chi connectivity index (χ1) is 7.97. The third kappa shape index (κ3) is 2.46. The molecule has 0 aliphatic heterocycles. The lowest BCUT2D eigenvalue weighted by atomic mass is 9.66. The average molecular weight is 253 g/mol. The summed E-state index contributed by atoms with van der Waals surface area (Å²) in [5.74, 6) is 0.483. The van der Waals surface area contributed by atoms with Crippen molar-refractivity contribution in [2.75, 3.05) is 17.2 Å². The summed E-state index contributed by atoms with van der Waals surface area (Å²) in [6.07, 6.45) is 3.01. The van der Waals surface area contributed by atoms with E-state index in [1.807, 2.05) is 24.3 Å². The molecule has 1 fully saturated rings. The summed E-state index contributed by atoms with van der Waals surface area (Å²) >= 11 is 0. The lowest BCUT2D eigenvalue weighted by molar-refractivity contribution is 0.274. The van der Waals surface area contributed by atoms with Crippen molar-refractivity contribution in [1.82, 2.24) is 0 Å². The number of sulfone groups is 1. The molecule has 0 spiro atoms. The van der Waals surface area contributed by atoms with Gasteiger partial charge in [-0.1, -0.05) is 25.5 Å². The van der Waals surface area contributed by atoms with Gasteiger partial charge in [-0.05, 0) is 30.5 Å². The fraction of sp³-hybridized carbons (Fsp3) is 0.538. The molecule has 1 aromatic carbocycles. The molecule has 4 heteroatoms. The Kier molecular flexibility index (Phi) is 3.17. The van der Waals surface area contributed by atoms with Crippen LogP contribution in [0.15, 0.2) is 24.3 Å². The van der Waals surface area contributed by atoms with Gasteiger partial charge in [0.25, 0.3) is 0 Å². The number of rotatable bonds is 4. The van der Waals surface area contributed by atoms with Crippen LogP contribution in [0, 0.1) is 0 Å². The fourth-order valence-corrected chi connectivity index (χ4v) is 4.01. The van der Waals surface area contributed by atoms with Gasteiger partial charge in [0.1, 0.15) is 0 Å². The monoisotopic (exact) mass is 253 g/mol. The van der Waals surface area contributed by atoms with Gasteiger partial charge >= 0.3 is 0 Å². The molecule has 0 radical (unpaired) electrons. The maximum atomic E-state index is 11.8. The van der Waals surface area contributed by atoms with Crippen LogP contribution in [0.5, 0.6) is 0 Å². The first kappa shape index (κ1) is 12.4. The Labute approximate surface area is 103 Å². The maximum absolute atomic E-state index is 11.8. The van der Waals surface area contributed by atoms with E-state index >= 15 is 0 Å². The standard InChI is InChI=1S/C13H19NO2S/c1-2-17(15,16)10-13(7-4-8-13)11-5-3-6-12(14)9-11/h3,5-6,9H,2,4,7-8,10,14H2,1H3. The highest BCUT2D eigenvalue weighted by atomic mass is 32.2. The van der Waals surface area contributed by atoms with Crippen molar-refractivity contribution >= 4 is 15.5 Å². The van der Waals surface area contributed by atoms with Crippen LogP contribution in [0.2, 0.25) is 0 Å². The van der Waals surface area contributed by atoms with Crippen LogP contribution in [0.3, 0.4) is 0 Å². The van der Waals surface area contributed by atoms with Crippen LogP contribution in [0.4, 0.5) is 5.69 Å². The van der Waals surface area contributed by atoms with Gasteiger partial charge in [-0.2, -0.15) is 0 Å². The van der Waals surface area contributed by atoms with Crippen LogP contribution in [0.1, 0.15) is 31.7 Å². The van der Waals surface area contributed by atoms with E-state index in [9.17, 15) is 8.42 Å². The van der Waals surface area contributed by atoms with Gasteiger partial charge in [-0.25, -0.2) is 8.42 Å². The van der Waals surface area contributed by atoms with Gasteiger partial charge in [0, 0.05) is 16.9 Å². The van der Waals surface area contributed by atoms with Crippen LogP contribution >= 0.6 is 0 Å². The first-order valence-corrected chi connectivity index (χ1v) is 7.86. The minimum absolute atomic E-state index is 0.176. The Morgan fingerprint density at radius 1 is 1.35 bits per heavy atom. The van der Waals surface area contributed by atoms with Gasteiger partial charge in [0.05, 0.1) is 5.75 Å². The fourth-order valence-electron chi connectivity index (χ4n) is 2.51. The maximum Gasteiger partial charge on any atom is 0.150 e. The quantitative estimate of drug-likeness (QED) is 0.836. The molecule has 0 saturated heterocycles. The number of nitrogens with two attached hydrogens (primary N) is 1. The second kappa shape index (κ2) is 4.33. The van der Waals surface area contributed by atoms with Gasteiger partial charge in [-0.15, -0.1) is 0 Å². The molecule has 1 aliphatic carbocycles. The Morgan fingerprint density at radius 3 is 2.53 bits per heavy atom. The summed E-state index contributed by atoms with van der Waals surface area (Å²) < 4.78 is 23.7. The molecule has 3 nitrogen and oxygen atoms in total. The molecule has 0 heterocycles. The van der Waals surface area contributed by atoms with Crippen molar-refractivity contribution in [3.8, 4) is 0 Å². The largest absolute Gasteiger partial charge is 0.399 e. The number of hydrogen-bond acceptors (Lipinski definition) is 3. The third-order valence-electron chi connectivity index (χ3n) is 3.75. The average Bonchev–Trinajstić information content (AvgIpc) is 2.24. The number of anilines is 1. The molecule has 17 heavy (non-hydrogen) atoms. The van der Waals surface area contributed by atoms with E-state index in [1.54, 1.807) is 6.92 Å². The molecule has 94 valence electrons. The number of nitrogen functional groups attached to an aromatic ring is 1.